The average molecular weight is 286 g/mol. The summed E-state index contributed by atoms with van der Waals surface area (Å²) in [6, 6.07) is 8.51. The lowest BCUT2D eigenvalue weighted by atomic mass is 10.2. The zero-order valence-corrected chi connectivity index (χ0v) is 11.2. The quantitative estimate of drug-likeness (QED) is 0.671. The molecule has 1 aromatic rings. The molecule has 6 heteroatoms. The van der Waals surface area contributed by atoms with Gasteiger partial charge in [-0.3, -0.25) is 0 Å². The van der Waals surface area contributed by atoms with Crippen molar-refractivity contribution in [2.24, 2.45) is 4.99 Å². The van der Waals surface area contributed by atoms with Crippen LogP contribution in [0.1, 0.15) is 18.4 Å². The van der Waals surface area contributed by atoms with Crippen LogP contribution in [0.3, 0.4) is 0 Å². The van der Waals surface area contributed by atoms with Gasteiger partial charge in [0, 0.05) is 18.3 Å². The summed E-state index contributed by atoms with van der Waals surface area (Å²) in [7, 11) is 0. The number of hydrogen-bond donors (Lipinski definition) is 1. The molecule has 108 valence electrons. The number of rotatable bonds is 3. The first kappa shape index (κ1) is 13.4. The standard InChI is InChI=1S/C15H14N2O4/c18-14(19)12-7-4-8-17(12)9-11-15(20)21-13(16-11)10-5-2-1-3-6-10/h1-3,5-6,9,12H,4,7-8H2,(H,18,19). The molecule has 0 radical (unpaired) electrons. The number of carboxylic acid groups (broad SMARTS) is 1. The topological polar surface area (TPSA) is 79.2 Å². The average Bonchev–Trinajstić information content (AvgIpc) is 3.08. The predicted molar refractivity (Wildman–Crippen MR) is 74.5 cm³/mol. The van der Waals surface area contributed by atoms with Crippen molar-refractivity contribution >= 4 is 17.8 Å². The number of cyclic esters (lactones) is 1. The predicted octanol–water partition coefficient (Wildman–Crippen LogP) is 1.38. The number of carboxylic acids is 1. The Morgan fingerprint density at radius 3 is 2.86 bits per heavy atom. The molecule has 3 rings (SSSR count). The Hall–Kier alpha value is -2.63. The van der Waals surface area contributed by atoms with Crippen LogP contribution < -0.4 is 0 Å². The Morgan fingerprint density at radius 2 is 2.14 bits per heavy atom. The number of esters is 1. The molecule has 1 fully saturated rings. The zero-order valence-electron chi connectivity index (χ0n) is 11.2. The maximum atomic E-state index is 11.8. The Kier molecular flexibility index (Phi) is 3.43. The normalized spacial score (nSPS) is 23.3. The molecule has 0 aliphatic carbocycles. The van der Waals surface area contributed by atoms with Gasteiger partial charge in [0.1, 0.15) is 6.04 Å². The van der Waals surface area contributed by atoms with Gasteiger partial charge in [0.2, 0.25) is 5.90 Å². The van der Waals surface area contributed by atoms with E-state index >= 15 is 0 Å². The molecule has 2 aliphatic heterocycles. The van der Waals surface area contributed by atoms with Gasteiger partial charge in [0.05, 0.1) is 0 Å². The van der Waals surface area contributed by atoms with Crippen LogP contribution in [-0.2, 0) is 14.3 Å². The summed E-state index contributed by atoms with van der Waals surface area (Å²) in [5.74, 6) is -1.19. The number of benzene rings is 1. The van der Waals surface area contributed by atoms with E-state index in [2.05, 4.69) is 4.99 Å². The van der Waals surface area contributed by atoms with Gasteiger partial charge in [-0.1, -0.05) is 18.2 Å². The second kappa shape index (κ2) is 5.40. The van der Waals surface area contributed by atoms with Crippen LogP contribution in [0.4, 0.5) is 0 Å². The van der Waals surface area contributed by atoms with Crippen molar-refractivity contribution in [1.82, 2.24) is 4.90 Å². The van der Waals surface area contributed by atoms with Crippen molar-refractivity contribution in [3.63, 3.8) is 0 Å². The summed E-state index contributed by atoms with van der Waals surface area (Å²) in [6.07, 6.45) is 2.85. The monoisotopic (exact) mass is 286 g/mol. The molecule has 1 N–H and O–H groups in total. The summed E-state index contributed by atoms with van der Waals surface area (Å²) in [4.78, 5) is 28.8. The van der Waals surface area contributed by atoms with Gasteiger partial charge in [0.15, 0.2) is 5.70 Å². The highest BCUT2D eigenvalue weighted by Gasteiger charge is 2.31. The van der Waals surface area contributed by atoms with Crippen LogP contribution in [0, 0.1) is 0 Å². The Balaban J connectivity index is 1.85. The highest BCUT2D eigenvalue weighted by atomic mass is 16.6. The molecule has 0 bridgehead atoms. The van der Waals surface area contributed by atoms with Crippen LogP contribution in [0.2, 0.25) is 0 Å². The van der Waals surface area contributed by atoms with E-state index < -0.39 is 18.0 Å². The van der Waals surface area contributed by atoms with Gasteiger partial charge in [0.25, 0.3) is 0 Å². The molecule has 1 aromatic carbocycles. The van der Waals surface area contributed by atoms with Crippen molar-refractivity contribution in [1.29, 1.82) is 0 Å². The number of hydrogen-bond acceptors (Lipinski definition) is 5. The lowest BCUT2D eigenvalue weighted by Gasteiger charge is -2.18. The smallest absolute Gasteiger partial charge is 0.365 e. The van der Waals surface area contributed by atoms with Crippen LogP contribution in [-0.4, -0.2) is 40.4 Å². The van der Waals surface area contributed by atoms with Crippen LogP contribution in [0.25, 0.3) is 0 Å². The molecule has 0 spiro atoms. The van der Waals surface area contributed by atoms with E-state index in [9.17, 15) is 9.59 Å². The minimum Gasteiger partial charge on any atom is -0.480 e. The summed E-state index contributed by atoms with van der Waals surface area (Å²) < 4.78 is 5.13. The molecule has 2 heterocycles. The van der Waals surface area contributed by atoms with E-state index in [1.807, 2.05) is 18.2 Å². The third-order valence-electron chi connectivity index (χ3n) is 3.51. The van der Waals surface area contributed by atoms with Gasteiger partial charge >= 0.3 is 11.9 Å². The number of likely N-dealkylation sites (tertiary alicyclic amines) is 1. The molecule has 2 aliphatic rings. The summed E-state index contributed by atoms with van der Waals surface area (Å²) >= 11 is 0. The Labute approximate surface area is 121 Å². The van der Waals surface area contributed by atoms with Crippen molar-refractivity contribution in [2.75, 3.05) is 6.54 Å². The summed E-state index contributed by atoms with van der Waals surface area (Å²) in [5, 5.41) is 9.13. The van der Waals surface area contributed by atoms with E-state index in [1.165, 1.54) is 6.20 Å². The first-order valence-corrected chi connectivity index (χ1v) is 6.72. The van der Waals surface area contributed by atoms with Crippen molar-refractivity contribution < 1.29 is 19.4 Å². The zero-order chi connectivity index (χ0) is 14.8. The molecule has 1 atom stereocenters. The third-order valence-corrected chi connectivity index (χ3v) is 3.51. The van der Waals surface area contributed by atoms with Crippen LogP contribution in [0.5, 0.6) is 0 Å². The molecule has 1 saturated heterocycles. The van der Waals surface area contributed by atoms with E-state index in [0.717, 1.165) is 6.42 Å². The molecular formula is C15H14N2O4. The highest BCUT2D eigenvalue weighted by Crippen LogP contribution is 2.22. The number of carbonyl (C=O) groups excluding carboxylic acids is 1. The summed E-state index contributed by atoms with van der Waals surface area (Å²) in [6.45, 7) is 0.601. The number of carbonyl (C=O) groups is 2. The first-order chi connectivity index (χ1) is 10.1. The largest absolute Gasteiger partial charge is 0.480 e. The first-order valence-electron chi connectivity index (χ1n) is 6.72. The fourth-order valence-electron chi connectivity index (χ4n) is 2.47. The molecular weight excluding hydrogens is 272 g/mol. The second-order valence-corrected chi connectivity index (χ2v) is 4.92. The number of aliphatic carboxylic acids is 1. The molecule has 0 aromatic heterocycles. The van der Waals surface area contributed by atoms with Gasteiger partial charge in [-0.2, -0.15) is 0 Å². The maximum Gasteiger partial charge on any atom is 0.365 e. The molecule has 21 heavy (non-hydrogen) atoms. The van der Waals surface area contributed by atoms with Gasteiger partial charge in [-0.05, 0) is 25.0 Å². The molecule has 6 nitrogen and oxygen atoms in total. The van der Waals surface area contributed by atoms with E-state index in [0.29, 0.717) is 18.5 Å². The van der Waals surface area contributed by atoms with Gasteiger partial charge in [-0.25, -0.2) is 14.6 Å². The van der Waals surface area contributed by atoms with Gasteiger partial charge < -0.3 is 14.7 Å². The lowest BCUT2D eigenvalue weighted by Crippen LogP contribution is -2.32. The third kappa shape index (κ3) is 2.65. The Morgan fingerprint density at radius 1 is 1.38 bits per heavy atom. The van der Waals surface area contributed by atoms with Crippen molar-refractivity contribution in [3.05, 3.63) is 47.8 Å². The fourth-order valence-corrected chi connectivity index (χ4v) is 2.47. The van der Waals surface area contributed by atoms with Gasteiger partial charge in [-0.15, -0.1) is 0 Å². The molecule has 0 saturated carbocycles. The van der Waals surface area contributed by atoms with Crippen molar-refractivity contribution in [3.8, 4) is 0 Å². The molecule has 1 unspecified atom stereocenters. The highest BCUT2D eigenvalue weighted by molar-refractivity contribution is 6.11. The van der Waals surface area contributed by atoms with E-state index in [4.69, 9.17) is 9.84 Å². The lowest BCUT2D eigenvalue weighted by molar-refractivity contribution is -0.141. The van der Waals surface area contributed by atoms with E-state index in [-0.39, 0.29) is 11.6 Å². The minimum atomic E-state index is -0.886. The van der Waals surface area contributed by atoms with Crippen LogP contribution in [0.15, 0.2) is 47.2 Å². The number of nitrogens with zero attached hydrogens (tertiary/aromatic N) is 2. The molecule has 0 amide bonds. The van der Waals surface area contributed by atoms with E-state index in [1.54, 1.807) is 17.0 Å². The SMILES string of the molecule is O=C1OC(c2ccccc2)=NC1=CN1CCCC1C(=O)O. The van der Waals surface area contributed by atoms with Crippen molar-refractivity contribution in [2.45, 2.75) is 18.9 Å². The Bertz CT molecular complexity index is 636. The number of aliphatic imine (C=N–C) groups is 1. The van der Waals surface area contributed by atoms with Crippen LogP contribution >= 0.6 is 0 Å². The minimum absolute atomic E-state index is 0.141. The second-order valence-electron chi connectivity index (χ2n) is 4.92. The maximum absolute atomic E-state index is 11.8. The fraction of sp³-hybridized carbons (Fsp3) is 0.267. The number of ether oxygens (including phenoxy) is 1. The summed E-state index contributed by atoms with van der Waals surface area (Å²) in [5.41, 5.74) is 0.854.